The van der Waals surface area contributed by atoms with Gasteiger partial charge in [-0.25, -0.2) is 9.37 Å². The van der Waals surface area contributed by atoms with Crippen LogP contribution in [0.5, 0.6) is 0 Å². The third kappa shape index (κ3) is 5.45. The zero-order valence-corrected chi connectivity index (χ0v) is 22.3. The molecule has 0 bridgehead atoms. The van der Waals surface area contributed by atoms with Crippen LogP contribution in [0.25, 0.3) is 10.9 Å². The van der Waals surface area contributed by atoms with Crippen LogP contribution in [0.3, 0.4) is 0 Å². The average Bonchev–Trinajstić information content (AvgIpc) is 2.84. The van der Waals surface area contributed by atoms with E-state index in [-0.39, 0.29) is 35.1 Å². The maximum atomic E-state index is 14.9. The molecular weight excluding hydrogens is 518 g/mol. The number of carbonyl (C=O) groups excluding carboxylic acids is 1. The normalized spacial score (nSPS) is 18.7. The molecule has 5 rings (SSSR count). The number of nitrogens with zero attached hydrogens (tertiary/aromatic N) is 4. The lowest BCUT2D eigenvalue weighted by atomic mass is 9.93. The van der Waals surface area contributed by atoms with E-state index in [1.165, 1.54) is 6.07 Å². The molecule has 2 aliphatic heterocycles. The summed E-state index contributed by atoms with van der Waals surface area (Å²) < 4.78 is 14.9. The number of halogens is 3. The minimum absolute atomic E-state index is 0.106. The molecule has 0 spiro atoms. The van der Waals surface area contributed by atoms with Gasteiger partial charge in [0.1, 0.15) is 11.6 Å². The van der Waals surface area contributed by atoms with Crippen molar-refractivity contribution in [2.75, 3.05) is 51.6 Å². The van der Waals surface area contributed by atoms with Gasteiger partial charge in [-0.1, -0.05) is 23.2 Å². The SMILES string of the molecule is CC1c2c(Cl)cc(Cl)cc2CCN1C(=O)CNc1cc2nc(CN3CCN(C)CC3)[nH]c(=O)c2cc1F. The standard InChI is InChI=1S/C26H29Cl2FN6O2/c1-15-25-16(9-17(27)10-19(25)28)3-4-35(15)24(36)13-30-22-12-21-18(11-20(22)29)26(37)32-23(31-21)14-34-7-5-33(2)6-8-34/h9-12,15,30H,3-8,13-14H2,1-2H3,(H,31,32,37). The smallest absolute Gasteiger partial charge is 0.258 e. The molecule has 1 fully saturated rings. The number of rotatable bonds is 5. The third-order valence-electron chi connectivity index (χ3n) is 7.25. The summed E-state index contributed by atoms with van der Waals surface area (Å²) in [6, 6.07) is 5.99. The van der Waals surface area contributed by atoms with Gasteiger partial charge in [0.25, 0.3) is 5.56 Å². The van der Waals surface area contributed by atoms with Crippen molar-refractivity contribution in [2.45, 2.75) is 25.9 Å². The van der Waals surface area contributed by atoms with Gasteiger partial charge < -0.3 is 20.1 Å². The van der Waals surface area contributed by atoms with Gasteiger partial charge >= 0.3 is 0 Å². The second-order valence-corrected chi connectivity index (χ2v) is 10.6. The van der Waals surface area contributed by atoms with Crippen LogP contribution in [0.1, 0.15) is 29.9 Å². The van der Waals surface area contributed by atoms with E-state index in [9.17, 15) is 14.0 Å². The van der Waals surface area contributed by atoms with Gasteiger partial charge in [-0.15, -0.1) is 0 Å². The van der Waals surface area contributed by atoms with Crippen LogP contribution in [-0.4, -0.2) is 76.9 Å². The number of amides is 1. The Morgan fingerprint density at radius 1 is 1.16 bits per heavy atom. The van der Waals surface area contributed by atoms with E-state index in [1.807, 2.05) is 13.0 Å². The number of hydrogen-bond donors (Lipinski definition) is 2. The van der Waals surface area contributed by atoms with Gasteiger partial charge in [-0.2, -0.15) is 0 Å². The fourth-order valence-corrected chi connectivity index (χ4v) is 5.85. The predicted octanol–water partition coefficient (Wildman–Crippen LogP) is 3.67. The number of anilines is 1. The summed E-state index contributed by atoms with van der Waals surface area (Å²) in [6.45, 7) is 6.51. The molecule has 196 valence electrons. The highest BCUT2D eigenvalue weighted by Gasteiger charge is 2.29. The summed E-state index contributed by atoms with van der Waals surface area (Å²) in [5.74, 6) is -0.263. The van der Waals surface area contributed by atoms with Crippen molar-refractivity contribution in [2.24, 2.45) is 0 Å². The molecule has 1 saturated heterocycles. The first-order valence-electron chi connectivity index (χ1n) is 12.3. The van der Waals surface area contributed by atoms with Crippen LogP contribution in [-0.2, 0) is 17.8 Å². The van der Waals surface area contributed by atoms with Crippen LogP contribution in [0.15, 0.2) is 29.1 Å². The number of piperazine rings is 1. The Bertz CT molecular complexity index is 1410. The predicted molar refractivity (Wildman–Crippen MR) is 144 cm³/mol. The van der Waals surface area contributed by atoms with Crippen molar-refractivity contribution in [3.05, 3.63) is 67.4 Å². The molecule has 1 aromatic heterocycles. The van der Waals surface area contributed by atoms with Gasteiger partial charge in [0, 0.05) is 42.8 Å². The van der Waals surface area contributed by atoms with Crippen molar-refractivity contribution in [1.29, 1.82) is 0 Å². The maximum Gasteiger partial charge on any atom is 0.258 e. The Balaban J connectivity index is 1.31. The lowest BCUT2D eigenvalue weighted by Gasteiger charge is -2.36. The van der Waals surface area contributed by atoms with Gasteiger partial charge in [0.2, 0.25) is 5.91 Å². The number of likely N-dealkylation sites (N-methyl/N-ethyl adjacent to an activating group) is 1. The fourth-order valence-electron chi connectivity index (χ4n) is 5.15. The van der Waals surface area contributed by atoms with Gasteiger partial charge in [-0.05, 0) is 55.8 Å². The molecular formula is C26H29Cl2FN6O2. The molecule has 1 atom stereocenters. The zero-order valence-electron chi connectivity index (χ0n) is 20.8. The van der Waals surface area contributed by atoms with E-state index in [0.717, 1.165) is 43.4 Å². The second-order valence-electron chi connectivity index (χ2n) is 9.77. The van der Waals surface area contributed by atoms with Gasteiger partial charge in [-0.3, -0.25) is 14.5 Å². The zero-order chi connectivity index (χ0) is 26.3. The first-order valence-corrected chi connectivity index (χ1v) is 13.1. The van der Waals surface area contributed by atoms with E-state index in [1.54, 1.807) is 11.0 Å². The quantitative estimate of drug-likeness (QED) is 0.507. The van der Waals surface area contributed by atoms with Crippen molar-refractivity contribution in [1.82, 2.24) is 24.7 Å². The Hall–Kier alpha value is -2.72. The summed E-state index contributed by atoms with van der Waals surface area (Å²) in [7, 11) is 2.08. The van der Waals surface area contributed by atoms with E-state index in [4.69, 9.17) is 23.2 Å². The maximum absolute atomic E-state index is 14.9. The molecule has 0 radical (unpaired) electrons. The molecule has 0 saturated carbocycles. The molecule has 8 nitrogen and oxygen atoms in total. The highest BCUT2D eigenvalue weighted by Crippen LogP contribution is 2.37. The average molecular weight is 547 g/mol. The van der Waals surface area contributed by atoms with Crippen LogP contribution < -0.4 is 10.9 Å². The lowest BCUT2D eigenvalue weighted by molar-refractivity contribution is -0.131. The number of H-pyrrole nitrogens is 1. The number of carbonyl (C=O) groups is 1. The first-order chi connectivity index (χ1) is 17.7. The highest BCUT2D eigenvalue weighted by atomic mass is 35.5. The molecule has 0 aliphatic carbocycles. The number of nitrogens with one attached hydrogen (secondary N) is 2. The Morgan fingerprint density at radius 3 is 2.68 bits per heavy atom. The minimum atomic E-state index is -0.617. The largest absolute Gasteiger partial charge is 0.374 e. The van der Waals surface area contributed by atoms with E-state index in [2.05, 4.69) is 32.1 Å². The van der Waals surface area contributed by atoms with Gasteiger partial charge in [0.15, 0.2) is 0 Å². The first kappa shape index (κ1) is 25.9. The minimum Gasteiger partial charge on any atom is -0.374 e. The summed E-state index contributed by atoms with van der Waals surface area (Å²) in [5, 5.41) is 4.18. The Labute approximate surface area is 224 Å². The van der Waals surface area contributed by atoms with Crippen LogP contribution in [0.2, 0.25) is 10.0 Å². The molecule has 3 aromatic rings. The summed E-state index contributed by atoms with van der Waals surface area (Å²) in [5.41, 5.74) is 2.05. The summed E-state index contributed by atoms with van der Waals surface area (Å²) in [6.07, 6.45) is 0.638. The Morgan fingerprint density at radius 2 is 1.92 bits per heavy atom. The third-order valence-corrected chi connectivity index (χ3v) is 7.78. The molecule has 3 heterocycles. The van der Waals surface area contributed by atoms with Crippen molar-refractivity contribution in [3.8, 4) is 0 Å². The lowest BCUT2D eigenvalue weighted by Crippen LogP contribution is -2.44. The molecule has 1 unspecified atom stereocenters. The number of benzene rings is 2. The molecule has 2 aromatic carbocycles. The molecule has 2 N–H and O–H groups in total. The highest BCUT2D eigenvalue weighted by molar-refractivity contribution is 6.35. The van der Waals surface area contributed by atoms with E-state index in [0.29, 0.717) is 40.9 Å². The topological polar surface area (TPSA) is 84.6 Å². The van der Waals surface area contributed by atoms with Crippen LogP contribution in [0, 0.1) is 5.82 Å². The number of fused-ring (bicyclic) bond motifs is 2. The Kier molecular flexibility index (Phi) is 7.40. The van der Waals surface area contributed by atoms with Crippen molar-refractivity contribution >= 4 is 45.7 Å². The summed E-state index contributed by atoms with van der Waals surface area (Å²) >= 11 is 12.6. The van der Waals surface area contributed by atoms with Crippen molar-refractivity contribution < 1.29 is 9.18 Å². The summed E-state index contributed by atoms with van der Waals surface area (Å²) in [4.78, 5) is 39.3. The molecule has 1 amide bonds. The van der Waals surface area contributed by atoms with Gasteiger partial charge in [0.05, 0.1) is 35.7 Å². The van der Waals surface area contributed by atoms with Crippen LogP contribution in [0.4, 0.5) is 10.1 Å². The number of aromatic amines is 1. The van der Waals surface area contributed by atoms with Crippen molar-refractivity contribution in [3.63, 3.8) is 0 Å². The number of hydrogen-bond acceptors (Lipinski definition) is 6. The monoisotopic (exact) mass is 546 g/mol. The number of aromatic nitrogens is 2. The molecule has 11 heteroatoms. The second kappa shape index (κ2) is 10.6. The molecule has 2 aliphatic rings. The fraction of sp³-hybridized carbons (Fsp3) is 0.423. The van der Waals surface area contributed by atoms with E-state index < -0.39 is 5.82 Å². The van der Waals surface area contributed by atoms with E-state index >= 15 is 0 Å². The molecule has 37 heavy (non-hydrogen) atoms. The van der Waals surface area contributed by atoms with Crippen LogP contribution >= 0.6 is 23.2 Å².